The molecule has 0 heterocycles. The van der Waals surface area contributed by atoms with Crippen molar-refractivity contribution in [3.8, 4) is 0 Å². The van der Waals surface area contributed by atoms with Crippen molar-refractivity contribution in [1.29, 1.82) is 0 Å². The molecule has 0 fully saturated rings. The molecule has 5 nitrogen and oxygen atoms in total. The SMILES string of the molecule is CCCCCS(=O)(=O)OC(=O)CN. The molecule has 0 unspecified atom stereocenters. The second-order valence-corrected chi connectivity index (χ2v) is 4.32. The van der Waals surface area contributed by atoms with Crippen molar-refractivity contribution in [3.05, 3.63) is 0 Å². The Morgan fingerprint density at radius 1 is 1.38 bits per heavy atom. The Morgan fingerprint density at radius 2 is 2.00 bits per heavy atom. The summed E-state index contributed by atoms with van der Waals surface area (Å²) in [6.07, 6.45) is 2.23. The van der Waals surface area contributed by atoms with Gasteiger partial charge in [0.1, 0.15) is 0 Å². The van der Waals surface area contributed by atoms with E-state index in [1.54, 1.807) is 0 Å². The Labute approximate surface area is 78.4 Å². The zero-order valence-corrected chi connectivity index (χ0v) is 8.47. The van der Waals surface area contributed by atoms with Gasteiger partial charge in [0.2, 0.25) is 0 Å². The van der Waals surface area contributed by atoms with E-state index in [2.05, 4.69) is 4.18 Å². The Morgan fingerprint density at radius 3 is 2.46 bits per heavy atom. The van der Waals surface area contributed by atoms with Gasteiger partial charge in [0.25, 0.3) is 0 Å². The van der Waals surface area contributed by atoms with Crippen LogP contribution >= 0.6 is 0 Å². The van der Waals surface area contributed by atoms with E-state index in [4.69, 9.17) is 5.73 Å². The topological polar surface area (TPSA) is 86.5 Å². The molecule has 0 spiro atoms. The molecule has 0 atom stereocenters. The summed E-state index contributed by atoms with van der Waals surface area (Å²) in [6, 6.07) is 0. The van der Waals surface area contributed by atoms with Crippen molar-refractivity contribution in [1.82, 2.24) is 0 Å². The molecule has 6 heteroatoms. The zero-order valence-electron chi connectivity index (χ0n) is 7.65. The van der Waals surface area contributed by atoms with Gasteiger partial charge in [0.15, 0.2) is 0 Å². The normalized spacial score (nSPS) is 11.2. The molecule has 0 aliphatic rings. The van der Waals surface area contributed by atoms with Crippen LogP contribution in [0.1, 0.15) is 26.2 Å². The van der Waals surface area contributed by atoms with E-state index in [0.717, 1.165) is 12.8 Å². The maximum atomic E-state index is 11.0. The van der Waals surface area contributed by atoms with Gasteiger partial charge < -0.3 is 9.92 Å². The van der Waals surface area contributed by atoms with Gasteiger partial charge in [-0.25, -0.2) is 4.79 Å². The Bertz CT molecular complexity index is 247. The number of carbonyl (C=O) groups is 1. The Balaban J connectivity index is 3.88. The highest BCUT2D eigenvalue weighted by molar-refractivity contribution is 7.87. The predicted molar refractivity (Wildman–Crippen MR) is 48.5 cm³/mol. The molecule has 13 heavy (non-hydrogen) atoms. The molecule has 0 bridgehead atoms. The summed E-state index contributed by atoms with van der Waals surface area (Å²) in [5.41, 5.74) is 4.90. The second-order valence-electron chi connectivity index (χ2n) is 2.63. The lowest BCUT2D eigenvalue weighted by Gasteiger charge is -2.03. The largest absolute Gasteiger partial charge is 0.344 e. The number of hydrogen-bond acceptors (Lipinski definition) is 5. The van der Waals surface area contributed by atoms with Crippen molar-refractivity contribution < 1.29 is 17.4 Å². The van der Waals surface area contributed by atoms with Crippen molar-refractivity contribution in [2.24, 2.45) is 5.73 Å². The number of carbonyl (C=O) groups excluding carboxylic acids is 1. The van der Waals surface area contributed by atoms with E-state index >= 15 is 0 Å². The fourth-order valence-electron chi connectivity index (χ4n) is 0.746. The van der Waals surface area contributed by atoms with E-state index in [-0.39, 0.29) is 5.75 Å². The Kier molecular flexibility index (Phi) is 5.65. The van der Waals surface area contributed by atoms with Crippen LogP contribution < -0.4 is 5.73 Å². The first-order chi connectivity index (χ1) is 6.02. The van der Waals surface area contributed by atoms with E-state index in [0.29, 0.717) is 6.42 Å². The van der Waals surface area contributed by atoms with Crippen molar-refractivity contribution in [2.75, 3.05) is 12.3 Å². The summed E-state index contributed by atoms with van der Waals surface area (Å²) in [6.45, 7) is 1.55. The van der Waals surface area contributed by atoms with Gasteiger partial charge in [-0.1, -0.05) is 19.8 Å². The lowest BCUT2D eigenvalue weighted by atomic mass is 10.3. The molecule has 2 N–H and O–H groups in total. The molecule has 78 valence electrons. The number of hydrogen-bond donors (Lipinski definition) is 1. The van der Waals surface area contributed by atoms with Crippen molar-refractivity contribution in [3.63, 3.8) is 0 Å². The lowest BCUT2D eigenvalue weighted by Crippen LogP contribution is -2.22. The number of nitrogens with two attached hydrogens (primary N) is 1. The zero-order chi connectivity index (χ0) is 10.3. The van der Waals surface area contributed by atoms with Crippen LogP contribution in [0.25, 0.3) is 0 Å². The van der Waals surface area contributed by atoms with E-state index in [9.17, 15) is 13.2 Å². The van der Waals surface area contributed by atoms with Crippen LogP contribution in [-0.2, 0) is 19.1 Å². The minimum atomic E-state index is -3.69. The van der Waals surface area contributed by atoms with Gasteiger partial charge in [-0.3, -0.25) is 0 Å². The predicted octanol–water partition coefficient (Wildman–Crippen LogP) is 0.00830. The van der Waals surface area contributed by atoms with Gasteiger partial charge in [-0.05, 0) is 6.42 Å². The van der Waals surface area contributed by atoms with Crippen LogP contribution in [0.3, 0.4) is 0 Å². The molecular weight excluding hydrogens is 194 g/mol. The smallest absolute Gasteiger partial charge is 0.335 e. The highest BCUT2D eigenvalue weighted by atomic mass is 32.2. The van der Waals surface area contributed by atoms with Gasteiger partial charge in [-0.15, -0.1) is 0 Å². The highest BCUT2D eigenvalue weighted by Crippen LogP contribution is 2.01. The lowest BCUT2D eigenvalue weighted by molar-refractivity contribution is -0.132. The van der Waals surface area contributed by atoms with Crippen LogP contribution in [0.5, 0.6) is 0 Å². The average Bonchev–Trinajstić information content (AvgIpc) is 2.03. The quantitative estimate of drug-likeness (QED) is 0.492. The monoisotopic (exact) mass is 209 g/mol. The summed E-state index contributed by atoms with van der Waals surface area (Å²) in [5, 5.41) is 0. The van der Waals surface area contributed by atoms with E-state index < -0.39 is 22.6 Å². The molecule has 0 amide bonds. The summed E-state index contributed by atoms with van der Waals surface area (Å²) >= 11 is 0. The second kappa shape index (κ2) is 5.93. The highest BCUT2D eigenvalue weighted by Gasteiger charge is 2.14. The molecule has 0 rings (SSSR count). The molecule has 0 saturated heterocycles. The van der Waals surface area contributed by atoms with Gasteiger partial charge in [-0.2, -0.15) is 8.42 Å². The van der Waals surface area contributed by atoms with Gasteiger partial charge >= 0.3 is 16.1 Å². The standard InChI is InChI=1S/C7H15NO4S/c1-2-3-4-5-13(10,11)12-7(9)6-8/h2-6,8H2,1H3. The minimum absolute atomic E-state index is 0.118. The third kappa shape index (κ3) is 6.53. The maximum absolute atomic E-state index is 11.0. The summed E-state index contributed by atoms with van der Waals surface area (Å²) in [5.74, 6) is -1.02. The molecule has 0 aliphatic heterocycles. The first-order valence-electron chi connectivity index (χ1n) is 4.17. The third-order valence-corrected chi connectivity index (χ3v) is 2.61. The molecule has 0 aromatic carbocycles. The molecule has 0 saturated carbocycles. The molecule has 0 aromatic heterocycles. The van der Waals surface area contributed by atoms with E-state index in [1.807, 2.05) is 6.92 Å². The first kappa shape index (κ1) is 12.4. The van der Waals surface area contributed by atoms with Crippen molar-refractivity contribution in [2.45, 2.75) is 26.2 Å². The summed E-state index contributed by atoms with van der Waals surface area (Å²) in [7, 11) is -3.69. The number of unbranched alkanes of at least 4 members (excludes halogenated alkanes) is 2. The summed E-state index contributed by atoms with van der Waals surface area (Å²) < 4.78 is 26.1. The van der Waals surface area contributed by atoms with Crippen LogP contribution in [0, 0.1) is 0 Å². The van der Waals surface area contributed by atoms with Crippen LogP contribution in [-0.4, -0.2) is 26.7 Å². The van der Waals surface area contributed by atoms with Crippen molar-refractivity contribution >= 4 is 16.1 Å². The average molecular weight is 209 g/mol. The minimum Gasteiger partial charge on any atom is -0.344 e. The fraction of sp³-hybridized carbons (Fsp3) is 0.857. The number of rotatable bonds is 6. The first-order valence-corrected chi connectivity index (χ1v) is 5.74. The van der Waals surface area contributed by atoms with Gasteiger partial charge in [0, 0.05) is 0 Å². The molecule has 0 aliphatic carbocycles. The Hall–Kier alpha value is -0.620. The van der Waals surface area contributed by atoms with Crippen LogP contribution in [0.4, 0.5) is 0 Å². The summed E-state index contributed by atoms with van der Waals surface area (Å²) in [4.78, 5) is 10.5. The fourth-order valence-corrected chi connectivity index (χ4v) is 1.74. The molecule has 0 radical (unpaired) electrons. The molecular formula is C7H15NO4S. The third-order valence-electron chi connectivity index (χ3n) is 1.38. The molecule has 0 aromatic rings. The van der Waals surface area contributed by atoms with Gasteiger partial charge in [0.05, 0.1) is 12.3 Å². The van der Waals surface area contributed by atoms with Crippen LogP contribution in [0.15, 0.2) is 0 Å². The van der Waals surface area contributed by atoms with E-state index in [1.165, 1.54) is 0 Å². The van der Waals surface area contributed by atoms with Crippen LogP contribution in [0.2, 0.25) is 0 Å². The maximum Gasteiger partial charge on any atom is 0.335 e.